The Kier molecular flexibility index (Phi) is 4.68. The molecule has 0 radical (unpaired) electrons. The van der Waals surface area contributed by atoms with Crippen LogP contribution in [-0.2, 0) is 13.0 Å². The molecule has 0 bridgehead atoms. The smallest absolute Gasteiger partial charge is 0.349 e. The Bertz CT molecular complexity index is 1390. The Labute approximate surface area is 178 Å². The number of aryl methyl sites for hydroxylation is 2. The number of hydrogen-bond acceptors (Lipinski definition) is 6. The maximum absolute atomic E-state index is 12.4. The standard InChI is InChI=1S/C23H23N5O3/c1-12-9-16-17(10-13(12)2)28(21-20(25-16)22(30)27-23(31)26-21)8-7-24-19-15-6-4-3-5-14(15)11-18(19)29/h3-6,9-10,18-19,24,29H,7-8,11H2,1-2H3,(H,27,30,31)/t18-,19+/m1/s1. The molecule has 0 saturated heterocycles. The van der Waals surface area contributed by atoms with Crippen LogP contribution in [0.3, 0.4) is 0 Å². The quantitative estimate of drug-likeness (QED) is 0.433. The molecule has 5 rings (SSSR count). The lowest BCUT2D eigenvalue weighted by Crippen LogP contribution is -2.33. The zero-order chi connectivity index (χ0) is 21.7. The van der Waals surface area contributed by atoms with Crippen molar-refractivity contribution in [3.05, 3.63) is 79.5 Å². The summed E-state index contributed by atoms with van der Waals surface area (Å²) in [5.74, 6) is 0.263. The van der Waals surface area contributed by atoms with Crippen LogP contribution in [0.4, 0.5) is 0 Å². The number of nitrogens with zero attached hydrogens (tertiary/aromatic N) is 3. The highest BCUT2D eigenvalue weighted by Gasteiger charge is 2.30. The number of aromatic nitrogens is 4. The van der Waals surface area contributed by atoms with Crippen molar-refractivity contribution in [1.82, 2.24) is 24.8 Å². The lowest BCUT2D eigenvalue weighted by molar-refractivity contribution is 0.141. The lowest BCUT2D eigenvalue weighted by Gasteiger charge is -2.21. The second-order valence-corrected chi connectivity index (χ2v) is 8.13. The van der Waals surface area contributed by atoms with Crippen molar-refractivity contribution in [3.63, 3.8) is 0 Å². The maximum Gasteiger partial charge on any atom is 0.349 e. The predicted octanol–water partition coefficient (Wildman–Crippen LogP) is 1.45. The van der Waals surface area contributed by atoms with Gasteiger partial charge in [-0.05, 0) is 48.2 Å². The number of hydrogen-bond donors (Lipinski definition) is 3. The number of rotatable bonds is 4. The molecular formula is C23H23N5O3. The van der Waals surface area contributed by atoms with Crippen LogP contribution in [0.1, 0.15) is 28.3 Å². The van der Waals surface area contributed by atoms with E-state index in [1.807, 2.05) is 54.8 Å². The molecule has 2 atom stereocenters. The Morgan fingerprint density at radius 1 is 1.16 bits per heavy atom. The van der Waals surface area contributed by atoms with Gasteiger partial charge in [-0.25, -0.2) is 9.78 Å². The fourth-order valence-corrected chi connectivity index (χ4v) is 4.43. The maximum atomic E-state index is 12.4. The summed E-state index contributed by atoms with van der Waals surface area (Å²) in [6.45, 7) is 4.98. The number of nitrogens with one attached hydrogen (secondary N) is 2. The first kappa shape index (κ1) is 19.6. The number of H-pyrrole nitrogens is 1. The Morgan fingerprint density at radius 2 is 1.94 bits per heavy atom. The zero-order valence-corrected chi connectivity index (χ0v) is 17.3. The third kappa shape index (κ3) is 3.34. The summed E-state index contributed by atoms with van der Waals surface area (Å²) < 4.78 is 1.86. The first-order valence-corrected chi connectivity index (χ1v) is 10.3. The van der Waals surface area contributed by atoms with E-state index < -0.39 is 17.4 Å². The van der Waals surface area contributed by atoms with Gasteiger partial charge in [0, 0.05) is 19.5 Å². The molecule has 8 nitrogen and oxygen atoms in total. The SMILES string of the molecule is Cc1cc2nc3c(=O)[nH]c(=O)nc-3n(CCN[C@H]3c4ccccc4C[C@H]3O)c2cc1C. The monoisotopic (exact) mass is 417 g/mol. The Hall–Kier alpha value is -3.36. The van der Waals surface area contributed by atoms with Gasteiger partial charge < -0.3 is 15.0 Å². The molecule has 2 aliphatic heterocycles. The summed E-state index contributed by atoms with van der Waals surface area (Å²) in [5.41, 5.74) is 4.79. The molecule has 0 unspecified atom stereocenters. The van der Waals surface area contributed by atoms with Gasteiger partial charge in [-0.15, -0.1) is 0 Å². The summed E-state index contributed by atoms with van der Waals surface area (Å²) in [5, 5.41) is 13.9. The van der Waals surface area contributed by atoms with E-state index in [1.54, 1.807) is 0 Å². The van der Waals surface area contributed by atoms with Crippen molar-refractivity contribution >= 4 is 11.0 Å². The average Bonchev–Trinajstić information content (AvgIpc) is 3.05. The fraction of sp³-hybridized carbons (Fsp3) is 0.304. The first-order valence-electron chi connectivity index (χ1n) is 10.3. The van der Waals surface area contributed by atoms with Crippen LogP contribution < -0.4 is 16.6 Å². The second kappa shape index (κ2) is 7.40. The molecule has 0 aromatic heterocycles. The second-order valence-electron chi connectivity index (χ2n) is 8.13. The van der Waals surface area contributed by atoms with E-state index >= 15 is 0 Å². The van der Waals surface area contributed by atoms with Crippen LogP contribution >= 0.6 is 0 Å². The molecule has 8 heteroatoms. The van der Waals surface area contributed by atoms with E-state index in [-0.39, 0.29) is 17.6 Å². The van der Waals surface area contributed by atoms with Crippen molar-refractivity contribution < 1.29 is 5.11 Å². The van der Waals surface area contributed by atoms with Gasteiger partial charge in [0.2, 0.25) is 0 Å². The van der Waals surface area contributed by atoms with E-state index in [0.29, 0.717) is 25.0 Å². The highest BCUT2D eigenvalue weighted by atomic mass is 16.3. The fourth-order valence-electron chi connectivity index (χ4n) is 4.43. The van der Waals surface area contributed by atoms with Crippen LogP contribution in [0.2, 0.25) is 0 Å². The zero-order valence-electron chi connectivity index (χ0n) is 17.3. The molecule has 31 heavy (non-hydrogen) atoms. The summed E-state index contributed by atoms with van der Waals surface area (Å²) in [4.78, 5) is 35.0. The molecule has 2 aromatic rings. The van der Waals surface area contributed by atoms with E-state index in [0.717, 1.165) is 27.8 Å². The van der Waals surface area contributed by atoms with E-state index in [4.69, 9.17) is 0 Å². The molecule has 2 heterocycles. The molecule has 1 aliphatic carbocycles. The van der Waals surface area contributed by atoms with Gasteiger partial charge >= 0.3 is 5.69 Å². The van der Waals surface area contributed by atoms with E-state index in [1.165, 1.54) is 0 Å². The van der Waals surface area contributed by atoms with Gasteiger partial charge in [0.25, 0.3) is 5.56 Å². The molecule has 0 amide bonds. The summed E-state index contributed by atoms with van der Waals surface area (Å²) >= 11 is 0. The van der Waals surface area contributed by atoms with Gasteiger partial charge in [-0.3, -0.25) is 9.78 Å². The molecule has 158 valence electrons. The summed E-state index contributed by atoms with van der Waals surface area (Å²) in [6.07, 6.45) is 0.129. The normalized spacial score (nSPS) is 18.0. The van der Waals surface area contributed by atoms with Crippen LogP contribution in [0, 0.1) is 13.8 Å². The van der Waals surface area contributed by atoms with Crippen molar-refractivity contribution in [2.75, 3.05) is 6.54 Å². The van der Waals surface area contributed by atoms with Crippen molar-refractivity contribution in [2.24, 2.45) is 0 Å². The van der Waals surface area contributed by atoms with Gasteiger partial charge in [0.1, 0.15) is 0 Å². The van der Waals surface area contributed by atoms with Crippen LogP contribution in [0.25, 0.3) is 22.6 Å². The van der Waals surface area contributed by atoms with E-state index in [2.05, 4.69) is 20.3 Å². The predicted molar refractivity (Wildman–Crippen MR) is 117 cm³/mol. The molecule has 3 aliphatic rings. The lowest BCUT2D eigenvalue weighted by atomic mass is 10.1. The van der Waals surface area contributed by atoms with Crippen LogP contribution in [-0.4, -0.2) is 37.3 Å². The molecule has 0 spiro atoms. The third-order valence-electron chi connectivity index (χ3n) is 6.13. The van der Waals surface area contributed by atoms with Crippen molar-refractivity contribution in [1.29, 1.82) is 0 Å². The summed E-state index contributed by atoms with van der Waals surface area (Å²) in [7, 11) is 0. The van der Waals surface area contributed by atoms with Crippen molar-refractivity contribution in [3.8, 4) is 11.5 Å². The Morgan fingerprint density at radius 3 is 2.77 bits per heavy atom. The molecule has 0 fully saturated rings. The number of fused-ring (bicyclic) bond motifs is 3. The van der Waals surface area contributed by atoms with Gasteiger partial charge in [-0.1, -0.05) is 24.3 Å². The topological polar surface area (TPSA) is 113 Å². The van der Waals surface area contributed by atoms with E-state index in [9.17, 15) is 14.7 Å². The number of aliphatic hydroxyl groups is 1. The van der Waals surface area contributed by atoms with Gasteiger partial charge in [0.15, 0.2) is 11.5 Å². The largest absolute Gasteiger partial charge is 0.391 e. The highest BCUT2D eigenvalue weighted by Crippen LogP contribution is 2.31. The first-order chi connectivity index (χ1) is 14.9. The minimum Gasteiger partial charge on any atom is -0.391 e. The third-order valence-corrected chi connectivity index (χ3v) is 6.13. The average molecular weight is 417 g/mol. The minimum atomic E-state index is -0.690. The molecule has 2 aromatic carbocycles. The number of aromatic amines is 1. The minimum absolute atomic E-state index is 0.140. The number of benzene rings is 2. The van der Waals surface area contributed by atoms with Crippen LogP contribution in [0.5, 0.6) is 0 Å². The van der Waals surface area contributed by atoms with Crippen molar-refractivity contribution in [2.45, 2.75) is 39.0 Å². The molecule has 0 saturated carbocycles. The van der Waals surface area contributed by atoms with Crippen LogP contribution in [0.15, 0.2) is 46.0 Å². The number of aliphatic hydroxyl groups excluding tert-OH is 1. The highest BCUT2D eigenvalue weighted by molar-refractivity contribution is 5.81. The summed E-state index contributed by atoms with van der Waals surface area (Å²) in [6, 6.07) is 11.8. The Balaban J connectivity index is 1.54. The molecular weight excluding hydrogens is 394 g/mol. The van der Waals surface area contributed by atoms with Gasteiger partial charge in [-0.2, -0.15) is 4.98 Å². The molecule has 3 N–H and O–H groups in total. The van der Waals surface area contributed by atoms with Gasteiger partial charge in [0.05, 0.1) is 23.2 Å².